The molecular weight excluding hydrogens is 219 g/mol. The van der Waals surface area contributed by atoms with E-state index in [1.807, 2.05) is 6.26 Å². The average Bonchev–Trinajstić information content (AvgIpc) is 2.59. The van der Waals surface area contributed by atoms with E-state index in [1.165, 1.54) is 16.7 Å². The molecule has 0 aliphatic heterocycles. The molecule has 0 atom stereocenters. The highest BCUT2D eigenvalue weighted by molar-refractivity contribution is 7.99. The van der Waals surface area contributed by atoms with Crippen molar-refractivity contribution in [3.05, 3.63) is 28.9 Å². The van der Waals surface area contributed by atoms with Crippen LogP contribution in [0.4, 0.5) is 4.39 Å². The smallest absolute Gasteiger partial charge is 0.141 e. The maximum Gasteiger partial charge on any atom is 0.141 e. The maximum absolute atomic E-state index is 13.2. The van der Waals surface area contributed by atoms with Crippen LogP contribution < -0.4 is 0 Å². The van der Waals surface area contributed by atoms with Crippen molar-refractivity contribution < 1.29 is 9.50 Å². The lowest BCUT2D eigenvalue weighted by Gasteiger charge is -2.05. The number of thioether (sulfide) groups is 1. The molecule has 2 rings (SSSR count). The van der Waals surface area contributed by atoms with Crippen molar-refractivity contribution in [2.75, 3.05) is 6.26 Å². The number of hydrogen-bond donors (Lipinski definition) is 1. The van der Waals surface area contributed by atoms with Gasteiger partial charge in [-0.1, -0.05) is 12.1 Å². The summed E-state index contributed by atoms with van der Waals surface area (Å²) in [5.74, 6) is -0.176. The molecule has 0 amide bonds. The molecule has 2 aromatic rings. The fourth-order valence-corrected chi connectivity index (χ4v) is 3.39. The van der Waals surface area contributed by atoms with Crippen LogP contribution in [0.25, 0.3) is 10.1 Å². The largest absolute Gasteiger partial charge is 0.392 e. The van der Waals surface area contributed by atoms with Crippen molar-refractivity contribution in [2.24, 2.45) is 0 Å². The molecule has 1 aromatic heterocycles. The molecular formula is C10H9FOS2. The van der Waals surface area contributed by atoms with Gasteiger partial charge in [-0.25, -0.2) is 4.39 Å². The Bertz CT molecular complexity index is 464. The number of aliphatic hydroxyl groups is 1. The van der Waals surface area contributed by atoms with Crippen molar-refractivity contribution in [2.45, 2.75) is 11.5 Å². The number of thiophene rings is 1. The SMILES string of the molecule is CSc1c(CO)ccc2c(F)csc12. The van der Waals surface area contributed by atoms with Crippen molar-refractivity contribution in [1.29, 1.82) is 0 Å². The average molecular weight is 228 g/mol. The molecule has 0 fully saturated rings. The number of halogens is 1. The molecule has 0 saturated heterocycles. The third-order valence-electron chi connectivity index (χ3n) is 2.11. The van der Waals surface area contributed by atoms with Gasteiger partial charge in [0.2, 0.25) is 0 Å². The molecule has 1 aromatic carbocycles. The third kappa shape index (κ3) is 1.43. The Morgan fingerprint density at radius 3 is 2.93 bits per heavy atom. The van der Waals surface area contributed by atoms with E-state index in [0.717, 1.165) is 15.2 Å². The highest BCUT2D eigenvalue weighted by Gasteiger charge is 2.10. The second-order valence-electron chi connectivity index (χ2n) is 2.88. The van der Waals surface area contributed by atoms with Crippen molar-refractivity contribution >= 4 is 33.2 Å². The molecule has 0 spiro atoms. The summed E-state index contributed by atoms with van der Waals surface area (Å²) in [7, 11) is 0. The second kappa shape index (κ2) is 3.88. The molecule has 0 radical (unpaired) electrons. The molecule has 0 aliphatic carbocycles. The van der Waals surface area contributed by atoms with E-state index < -0.39 is 0 Å². The molecule has 0 aliphatic rings. The van der Waals surface area contributed by atoms with Gasteiger partial charge < -0.3 is 5.11 Å². The number of aliphatic hydroxyl groups excluding tert-OH is 1. The zero-order valence-corrected chi connectivity index (χ0v) is 9.21. The molecule has 1 heterocycles. The van der Waals surface area contributed by atoms with Gasteiger partial charge in [0.1, 0.15) is 5.82 Å². The second-order valence-corrected chi connectivity index (χ2v) is 4.57. The first-order valence-corrected chi connectivity index (χ1v) is 6.21. The summed E-state index contributed by atoms with van der Waals surface area (Å²) >= 11 is 2.93. The fourth-order valence-electron chi connectivity index (χ4n) is 1.43. The Hall–Kier alpha value is -0.580. The maximum atomic E-state index is 13.2. The summed E-state index contributed by atoms with van der Waals surface area (Å²) in [6, 6.07) is 3.51. The lowest BCUT2D eigenvalue weighted by Crippen LogP contribution is -1.86. The first-order valence-electron chi connectivity index (χ1n) is 4.11. The normalized spacial score (nSPS) is 11.1. The first-order chi connectivity index (χ1) is 6.77. The van der Waals surface area contributed by atoms with Gasteiger partial charge >= 0.3 is 0 Å². The number of hydrogen-bond acceptors (Lipinski definition) is 3. The van der Waals surface area contributed by atoms with Gasteiger partial charge in [0.15, 0.2) is 0 Å². The van der Waals surface area contributed by atoms with Crippen molar-refractivity contribution in [1.82, 2.24) is 0 Å². The Morgan fingerprint density at radius 2 is 2.29 bits per heavy atom. The first kappa shape index (κ1) is 9.96. The highest BCUT2D eigenvalue weighted by Crippen LogP contribution is 2.35. The van der Waals surface area contributed by atoms with Crippen LogP contribution in [0.15, 0.2) is 22.4 Å². The summed E-state index contributed by atoms with van der Waals surface area (Å²) in [5, 5.41) is 11.3. The van der Waals surface area contributed by atoms with E-state index in [9.17, 15) is 4.39 Å². The van der Waals surface area contributed by atoms with Gasteiger partial charge in [0.05, 0.1) is 11.3 Å². The zero-order valence-electron chi connectivity index (χ0n) is 7.58. The standard InChI is InChI=1S/C10H9FOS2/c1-13-9-6(4-12)2-3-7-8(11)5-14-10(7)9/h2-3,5,12H,4H2,1H3. The fraction of sp³-hybridized carbons (Fsp3) is 0.200. The molecule has 74 valence electrons. The van der Waals surface area contributed by atoms with E-state index in [2.05, 4.69) is 0 Å². The minimum Gasteiger partial charge on any atom is -0.392 e. The van der Waals surface area contributed by atoms with Crippen LogP contribution in [0.1, 0.15) is 5.56 Å². The van der Waals surface area contributed by atoms with Crippen LogP contribution >= 0.6 is 23.1 Å². The van der Waals surface area contributed by atoms with E-state index in [1.54, 1.807) is 23.9 Å². The summed E-state index contributed by atoms with van der Waals surface area (Å²) in [6.07, 6.45) is 1.94. The summed E-state index contributed by atoms with van der Waals surface area (Å²) in [6.45, 7) is 0.00559. The van der Waals surface area contributed by atoms with E-state index in [0.29, 0.717) is 5.39 Å². The number of fused-ring (bicyclic) bond motifs is 1. The monoisotopic (exact) mass is 228 g/mol. The minimum atomic E-state index is -0.176. The van der Waals surface area contributed by atoms with Gasteiger partial charge in [0.25, 0.3) is 0 Å². The van der Waals surface area contributed by atoms with Gasteiger partial charge in [-0.05, 0) is 11.8 Å². The Balaban J connectivity index is 2.77. The lowest BCUT2D eigenvalue weighted by atomic mass is 10.2. The number of benzene rings is 1. The van der Waals surface area contributed by atoms with Gasteiger partial charge in [0, 0.05) is 15.7 Å². The van der Waals surface area contributed by atoms with Crippen LogP contribution in [0, 0.1) is 5.82 Å². The highest BCUT2D eigenvalue weighted by atomic mass is 32.2. The summed E-state index contributed by atoms with van der Waals surface area (Å²) in [4.78, 5) is 0.985. The van der Waals surface area contributed by atoms with Crippen molar-refractivity contribution in [3.63, 3.8) is 0 Å². The summed E-state index contributed by atoms with van der Waals surface area (Å²) in [5.41, 5.74) is 0.867. The molecule has 0 unspecified atom stereocenters. The quantitative estimate of drug-likeness (QED) is 0.796. The molecule has 14 heavy (non-hydrogen) atoms. The Morgan fingerprint density at radius 1 is 1.50 bits per heavy atom. The predicted octanol–water partition coefficient (Wildman–Crippen LogP) is 3.25. The van der Waals surface area contributed by atoms with Crippen LogP contribution in [-0.2, 0) is 6.61 Å². The third-order valence-corrected chi connectivity index (χ3v) is 4.09. The van der Waals surface area contributed by atoms with Crippen LogP contribution in [0.3, 0.4) is 0 Å². The zero-order chi connectivity index (χ0) is 10.1. The van der Waals surface area contributed by atoms with Gasteiger partial charge in [-0.3, -0.25) is 0 Å². The Kier molecular flexibility index (Phi) is 2.76. The molecule has 0 bridgehead atoms. The molecule has 1 nitrogen and oxygen atoms in total. The van der Waals surface area contributed by atoms with Crippen LogP contribution in [0.2, 0.25) is 0 Å². The topological polar surface area (TPSA) is 20.2 Å². The van der Waals surface area contributed by atoms with E-state index >= 15 is 0 Å². The van der Waals surface area contributed by atoms with Crippen LogP contribution in [0.5, 0.6) is 0 Å². The predicted molar refractivity (Wildman–Crippen MR) is 59.5 cm³/mol. The summed E-state index contributed by atoms with van der Waals surface area (Å²) < 4.78 is 14.2. The number of rotatable bonds is 2. The van der Waals surface area contributed by atoms with Crippen molar-refractivity contribution in [3.8, 4) is 0 Å². The van der Waals surface area contributed by atoms with Crippen LogP contribution in [-0.4, -0.2) is 11.4 Å². The van der Waals surface area contributed by atoms with E-state index in [-0.39, 0.29) is 12.4 Å². The van der Waals surface area contributed by atoms with Gasteiger partial charge in [-0.2, -0.15) is 0 Å². The molecule has 4 heteroatoms. The van der Waals surface area contributed by atoms with E-state index in [4.69, 9.17) is 5.11 Å². The minimum absolute atomic E-state index is 0.00559. The van der Waals surface area contributed by atoms with Gasteiger partial charge in [-0.15, -0.1) is 23.1 Å². The Labute approximate surface area is 89.6 Å². The lowest BCUT2D eigenvalue weighted by molar-refractivity contribution is 0.279. The molecule has 0 saturated carbocycles. The molecule has 1 N–H and O–H groups in total.